The van der Waals surface area contributed by atoms with Gasteiger partial charge in [0.2, 0.25) is 5.91 Å². The molecule has 1 amide bonds. The molecule has 2 N–H and O–H groups in total. The number of nitrogens with one attached hydrogen (secondary N) is 2. The number of carbonyl (C=O) groups is 1. The lowest BCUT2D eigenvalue weighted by atomic mass is 9.88. The van der Waals surface area contributed by atoms with Crippen molar-refractivity contribution >= 4 is 39.1 Å². The predicted molar refractivity (Wildman–Crippen MR) is 80.6 cm³/mol. The summed E-state index contributed by atoms with van der Waals surface area (Å²) in [6.07, 6.45) is 3.26. The largest absolute Gasteiger partial charge is 0.325 e. The molecule has 1 aromatic carbocycles. The molecule has 0 aliphatic carbocycles. The Morgan fingerprint density at radius 1 is 1.47 bits per heavy atom. The summed E-state index contributed by atoms with van der Waals surface area (Å²) >= 11 is 9.58. The SMILES string of the molecule is Cc1cc(Br)c(NC(=O)C2CC3CCC2N3)cc1Cl. The van der Waals surface area contributed by atoms with Crippen molar-refractivity contribution < 1.29 is 4.79 Å². The number of carbonyl (C=O) groups excluding carboxylic acids is 1. The highest BCUT2D eigenvalue weighted by molar-refractivity contribution is 9.10. The number of hydrogen-bond acceptors (Lipinski definition) is 2. The fourth-order valence-corrected chi connectivity index (χ4v) is 3.80. The zero-order valence-corrected chi connectivity index (χ0v) is 13.0. The van der Waals surface area contributed by atoms with Gasteiger partial charge in [-0.1, -0.05) is 11.6 Å². The summed E-state index contributed by atoms with van der Waals surface area (Å²) in [6.45, 7) is 1.94. The van der Waals surface area contributed by atoms with Gasteiger partial charge in [-0.05, 0) is 59.8 Å². The fourth-order valence-electron chi connectivity index (χ4n) is 3.08. The normalized spacial score (nSPS) is 28.7. The number of aryl methyl sites for hydroxylation is 1. The van der Waals surface area contributed by atoms with Crippen LogP contribution in [0.5, 0.6) is 0 Å². The molecule has 3 rings (SSSR count). The summed E-state index contributed by atoms with van der Waals surface area (Å²) in [4.78, 5) is 12.3. The summed E-state index contributed by atoms with van der Waals surface area (Å²) in [5.41, 5.74) is 1.75. The van der Waals surface area contributed by atoms with Crippen molar-refractivity contribution in [2.24, 2.45) is 5.92 Å². The Labute approximate surface area is 126 Å². The van der Waals surface area contributed by atoms with E-state index in [0.29, 0.717) is 17.1 Å². The molecule has 0 saturated carbocycles. The smallest absolute Gasteiger partial charge is 0.229 e. The van der Waals surface area contributed by atoms with Gasteiger partial charge in [-0.2, -0.15) is 0 Å². The van der Waals surface area contributed by atoms with E-state index in [1.165, 1.54) is 6.42 Å². The van der Waals surface area contributed by atoms with Crippen LogP contribution in [0.2, 0.25) is 5.02 Å². The van der Waals surface area contributed by atoms with Crippen LogP contribution >= 0.6 is 27.5 Å². The second-order valence-corrected chi connectivity index (χ2v) is 6.72. The van der Waals surface area contributed by atoms with Gasteiger partial charge < -0.3 is 10.6 Å². The van der Waals surface area contributed by atoms with Crippen molar-refractivity contribution in [1.82, 2.24) is 5.32 Å². The molecule has 3 nitrogen and oxygen atoms in total. The molecule has 2 aliphatic rings. The van der Waals surface area contributed by atoms with Crippen LogP contribution in [0.15, 0.2) is 16.6 Å². The summed E-state index contributed by atoms with van der Waals surface area (Å²) in [6, 6.07) is 4.62. The van der Waals surface area contributed by atoms with E-state index in [1.807, 2.05) is 13.0 Å². The third-order valence-electron chi connectivity index (χ3n) is 4.14. The van der Waals surface area contributed by atoms with Crippen LogP contribution in [0, 0.1) is 12.8 Å². The van der Waals surface area contributed by atoms with Crippen LogP contribution < -0.4 is 10.6 Å². The molecular weight excluding hydrogens is 328 g/mol. The molecule has 2 aliphatic heterocycles. The van der Waals surface area contributed by atoms with Gasteiger partial charge in [-0.15, -0.1) is 0 Å². The maximum absolute atomic E-state index is 12.3. The van der Waals surface area contributed by atoms with Crippen molar-refractivity contribution in [2.45, 2.75) is 38.3 Å². The Bertz CT molecular complexity index is 534. The van der Waals surface area contributed by atoms with Crippen LogP contribution in [0.4, 0.5) is 5.69 Å². The van der Waals surface area contributed by atoms with E-state index in [4.69, 9.17) is 11.6 Å². The number of anilines is 1. The van der Waals surface area contributed by atoms with E-state index >= 15 is 0 Å². The number of rotatable bonds is 2. The van der Waals surface area contributed by atoms with E-state index < -0.39 is 0 Å². The van der Waals surface area contributed by atoms with Crippen LogP contribution in [0.25, 0.3) is 0 Å². The minimum atomic E-state index is 0.0886. The van der Waals surface area contributed by atoms with Crippen LogP contribution in [0.1, 0.15) is 24.8 Å². The molecule has 5 heteroatoms. The molecule has 0 spiro atoms. The van der Waals surface area contributed by atoms with Crippen molar-refractivity contribution in [3.63, 3.8) is 0 Å². The van der Waals surface area contributed by atoms with Crippen molar-refractivity contribution in [3.8, 4) is 0 Å². The lowest BCUT2D eigenvalue weighted by Gasteiger charge is -2.20. The van der Waals surface area contributed by atoms with Crippen molar-refractivity contribution in [3.05, 3.63) is 27.2 Å². The molecule has 3 atom stereocenters. The maximum Gasteiger partial charge on any atom is 0.229 e. The quantitative estimate of drug-likeness (QED) is 0.863. The molecule has 102 valence electrons. The number of benzene rings is 1. The average molecular weight is 344 g/mol. The molecule has 2 saturated heterocycles. The van der Waals surface area contributed by atoms with Crippen LogP contribution in [-0.2, 0) is 4.79 Å². The Morgan fingerprint density at radius 3 is 2.89 bits per heavy atom. The highest BCUT2D eigenvalue weighted by Crippen LogP contribution is 2.35. The fraction of sp³-hybridized carbons (Fsp3) is 0.500. The molecule has 2 fully saturated rings. The molecule has 19 heavy (non-hydrogen) atoms. The molecule has 2 bridgehead atoms. The van der Waals surface area contributed by atoms with E-state index in [0.717, 1.165) is 28.6 Å². The second kappa shape index (κ2) is 5.08. The van der Waals surface area contributed by atoms with Gasteiger partial charge in [-0.25, -0.2) is 0 Å². The number of halogens is 2. The number of fused-ring (bicyclic) bond motifs is 2. The summed E-state index contributed by atoms with van der Waals surface area (Å²) in [7, 11) is 0. The van der Waals surface area contributed by atoms with Gasteiger partial charge in [0.1, 0.15) is 0 Å². The molecule has 2 heterocycles. The summed E-state index contributed by atoms with van der Waals surface area (Å²) < 4.78 is 0.874. The Balaban J connectivity index is 1.75. The van der Waals surface area contributed by atoms with E-state index in [1.54, 1.807) is 6.07 Å². The minimum absolute atomic E-state index is 0.0886. The molecule has 1 aromatic rings. The second-order valence-electron chi connectivity index (χ2n) is 5.46. The van der Waals surface area contributed by atoms with Gasteiger partial charge in [0, 0.05) is 21.6 Å². The minimum Gasteiger partial charge on any atom is -0.325 e. The topological polar surface area (TPSA) is 41.1 Å². The highest BCUT2D eigenvalue weighted by atomic mass is 79.9. The third-order valence-corrected chi connectivity index (χ3v) is 5.21. The Kier molecular flexibility index (Phi) is 3.58. The van der Waals surface area contributed by atoms with E-state index in [9.17, 15) is 4.79 Å². The summed E-state index contributed by atoms with van der Waals surface area (Å²) in [5, 5.41) is 7.15. The Hall–Kier alpha value is -0.580. The predicted octanol–water partition coefficient (Wildman–Crippen LogP) is 3.49. The maximum atomic E-state index is 12.3. The average Bonchev–Trinajstić information content (AvgIpc) is 2.98. The number of amides is 1. The zero-order chi connectivity index (χ0) is 13.6. The van der Waals surface area contributed by atoms with Crippen molar-refractivity contribution in [2.75, 3.05) is 5.32 Å². The molecule has 0 aromatic heterocycles. The monoisotopic (exact) mass is 342 g/mol. The van der Waals surface area contributed by atoms with Gasteiger partial charge >= 0.3 is 0 Å². The van der Waals surface area contributed by atoms with Gasteiger partial charge in [0.25, 0.3) is 0 Å². The molecule has 0 radical (unpaired) electrons. The van der Waals surface area contributed by atoms with Crippen molar-refractivity contribution in [1.29, 1.82) is 0 Å². The Morgan fingerprint density at radius 2 is 2.26 bits per heavy atom. The zero-order valence-electron chi connectivity index (χ0n) is 10.7. The first-order chi connectivity index (χ1) is 9.04. The van der Waals surface area contributed by atoms with Gasteiger partial charge in [-0.3, -0.25) is 4.79 Å². The van der Waals surface area contributed by atoms with Crippen LogP contribution in [-0.4, -0.2) is 18.0 Å². The third kappa shape index (κ3) is 2.54. The van der Waals surface area contributed by atoms with Crippen LogP contribution in [0.3, 0.4) is 0 Å². The van der Waals surface area contributed by atoms with Gasteiger partial charge in [0.05, 0.1) is 11.6 Å². The lowest BCUT2D eigenvalue weighted by molar-refractivity contribution is -0.120. The number of hydrogen-bond donors (Lipinski definition) is 2. The van der Waals surface area contributed by atoms with E-state index in [2.05, 4.69) is 26.6 Å². The summed E-state index contributed by atoms with van der Waals surface area (Å²) in [5.74, 6) is 0.186. The first-order valence-corrected chi connectivity index (χ1v) is 7.74. The first kappa shape index (κ1) is 13.4. The molecular formula is C14H16BrClN2O. The molecule has 3 unspecified atom stereocenters. The van der Waals surface area contributed by atoms with E-state index in [-0.39, 0.29) is 11.8 Å². The highest BCUT2D eigenvalue weighted by Gasteiger charge is 2.42. The van der Waals surface area contributed by atoms with Gasteiger partial charge in [0.15, 0.2) is 0 Å². The lowest BCUT2D eigenvalue weighted by Crippen LogP contribution is -2.32. The first-order valence-electron chi connectivity index (χ1n) is 6.57. The standard InChI is InChI=1S/C14H16BrClN2O/c1-7-4-10(15)13(6-11(7)16)18-14(19)9-5-8-2-3-12(9)17-8/h4,6,8-9,12,17H,2-3,5H2,1H3,(H,18,19).